The number of aliphatic hydroxyl groups excluding tert-OH is 1. The third-order valence-corrected chi connectivity index (χ3v) is 5.23. The minimum Gasteiger partial charge on any atom is -0.494 e. The van der Waals surface area contributed by atoms with Crippen LogP contribution in [0.4, 0.5) is 0 Å². The number of hydrogen-bond acceptors (Lipinski definition) is 6. The summed E-state index contributed by atoms with van der Waals surface area (Å²) in [6.45, 7) is 0.751. The quantitative estimate of drug-likeness (QED) is 0.456. The first-order valence-corrected chi connectivity index (χ1v) is 10.1. The molecule has 2 aliphatic rings. The largest absolute Gasteiger partial charge is 0.494 e. The van der Waals surface area contributed by atoms with Gasteiger partial charge in [-0.25, -0.2) is 0 Å². The first-order valence-electron chi connectivity index (χ1n) is 10.1. The third kappa shape index (κ3) is 4.82. The maximum atomic E-state index is 12.8. The Bertz CT molecular complexity index is 806. The predicted molar refractivity (Wildman–Crippen MR) is 103 cm³/mol. The van der Waals surface area contributed by atoms with Crippen LogP contribution < -0.4 is 10.1 Å². The number of fused-ring (bicyclic) bond motifs is 1. The summed E-state index contributed by atoms with van der Waals surface area (Å²) in [5.41, 5.74) is 0.470. The van der Waals surface area contributed by atoms with Crippen molar-refractivity contribution in [1.29, 1.82) is 0 Å². The molecule has 0 bridgehead atoms. The minimum absolute atomic E-state index is 0.0954. The van der Waals surface area contributed by atoms with Crippen LogP contribution in [0.2, 0.25) is 0 Å². The predicted octanol–water partition coefficient (Wildman–Crippen LogP) is 1.80. The smallest absolute Gasteiger partial charge is 0.262 e. The number of rotatable bonds is 10. The number of benzene rings is 1. The molecule has 2 aliphatic heterocycles. The fourth-order valence-electron chi connectivity index (χ4n) is 3.65. The zero-order chi connectivity index (χ0) is 20.8. The Kier molecular flexibility index (Phi) is 6.98. The number of ether oxygens (including phenoxy) is 1. The molecule has 3 rings (SSSR count). The summed E-state index contributed by atoms with van der Waals surface area (Å²) in [5, 5.41) is 10.9. The highest BCUT2D eigenvalue weighted by molar-refractivity contribution is 6.23. The number of hydrogen-bond donors (Lipinski definition) is 2. The summed E-state index contributed by atoms with van der Waals surface area (Å²) in [4.78, 5) is 49.7. The van der Waals surface area contributed by atoms with Crippen molar-refractivity contribution in [2.75, 3.05) is 13.2 Å². The van der Waals surface area contributed by atoms with Crippen LogP contribution in [0.25, 0.3) is 0 Å². The average molecular weight is 402 g/mol. The maximum absolute atomic E-state index is 12.8. The van der Waals surface area contributed by atoms with Gasteiger partial charge >= 0.3 is 0 Å². The molecule has 2 N–H and O–H groups in total. The molecule has 4 amide bonds. The van der Waals surface area contributed by atoms with Gasteiger partial charge < -0.3 is 9.84 Å². The minimum atomic E-state index is -0.963. The lowest BCUT2D eigenvalue weighted by Gasteiger charge is -2.27. The number of carbonyl (C=O) groups excluding carboxylic acids is 4. The van der Waals surface area contributed by atoms with Crippen molar-refractivity contribution in [3.63, 3.8) is 0 Å². The molecule has 0 radical (unpaired) electrons. The molecule has 29 heavy (non-hydrogen) atoms. The van der Waals surface area contributed by atoms with Crippen molar-refractivity contribution in [3.8, 4) is 5.75 Å². The van der Waals surface area contributed by atoms with Crippen molar-refractivity contribution in [1.82, 2.24) is 10.2 Å². The van der Waals surface area contributed by atoms with E-state index in [2.05, 4.69) is 5.32 Å². The highest BCUT2D eigenvalue weighted by atomic mass is 16.5. The Morgan fingerprint density at radius 3 is 2.38 bits per heavy atom. The maximum Gasteiger partial charge on any atom is 0.262 e. The second kappa shape index (κ2) is 9.65. The van der Waals surface area contributed by atoms with Crippen molar-refractivity contribution in [2.45, 2.75) is 57.4 Å². The molecule has 0 saturated carbocycles. The normalized spacial score (nSPS) is 18.8. The number of imide groups is 2. The Labute approximate surface area is 169 Å². The molecule has 1 unspecified atom stereocenters. The number of unbranched alkanes of at least 4 members (excludes halogenated alkanes) is 5. The molecule has 2 heterocycles. The second-order valence-corrected chi connectivity index (χ2v) is 7.35. The molecule has 0 spiro atoms. The SMILES string of the molecule is O=C1CCC(N2C(=O)c3ccc(OCCCCCCCCO)cc3C2=O)C(=O)N1. The summed E-state index contributed by atoms with van der Waals surface area (Å²) in [6, 6.07) is 3.78. The van der Waals surface area contributed by atoms with E-state index in [1.807, 2.05) is 0 Å². The molecule has 1 saturated heterocycles. The van der Waals surface area contributed by atoms with Gasteiger partial charge in [0.25, 0.3) is 11.8 Å². The van der Waals surface area contributed by atoms with Crippen LogP contribution in [-0.2, 0) is 9.59 Å². The van der Waals surface area contributed by atoms with E-state index in [1.54, 1.807) is 18.2 Å². The first-order chi connectivity index (χ1) is 14.0. The molecule has 0 aromatic heterocycles. The summed E-state index contributed by atoms with van der Waals surface area (Å²) in [5.74, 6) is -1.56. The van der Waals surface area contributed by atoms with Gasteiger partial charge in [-0.15, -0.1) is 0 Å². The molecule has 1 aromatic rings. The third-order valence-electron chi connectivity index (χ3n) is 5.23. The summed E-state index contributed by atoms with van der Waals surface area (Å²) in [7, 11) is 0. The molecule has 1 fully saturated rings. The summed E-state index contributed by atoms with van der Waals surface area (Å²) >= 11 is 0. The lowest BCUT2D eigenvalue weighted by molar-refractivity contribution is -0.136. The fourth-order valence-corrected chi connectivity index (χ4v) is 3.65. The number of aliphatic hydroxyl groups is 1. The van der Waals surface area contributed by atoms with Crippen LogP contribution >= 0.6 is 0 Å². The Morgan fingerprint density at radius 1 is 0.966 bits per heavy atom. The van der Waals surface area contributed by atoms with Gasteiger partial charge in [0.15, 0.2) is 0 Å². The molecule has 156 valence electrons. The molecular weight excluding hydrogens is 376 g/mol. The van der Waals surface area contributed by atoms with Gasteiger partial charge in [-0.1, -0.05) is 25.7 Å². The lowest BCUT2D eigenvalue weighted by atomic mass is 10.0. The molecule has 8 nitrogen and oxygen atoms in total. The summed E-state index contributed by atoms with van der Waals surface area (Å²) < 4.78 is 5.71. The van der Waals surface area contributed by atoms with E-state index in [1.165, 1.54) is 0 Å². The molecule has 0 aliphatic carbocycles. The average Bonchev–Trinajstić information content (AvgIpc) is 2.94. The van der Waals surface area contributed by atoms with Crippen molar-refractivity contribution in [2.24, 2.45) is 0 Å². The van der Waals surface area contributed by atoms with Gasteiger partial charge in [0.05, 0.1) is 17.7 Å². The zero-order valence-corrected chi connectivity index (χ0v) is 16.3. The number of amides is 4. The van der Waals surface area contributed by atoms with Gasteiger partial charge in [-0.05, 0) is 37.5 Å². The molecular formula is C21H26N2O6. The number of piperidine rings is 1. The van der Waals surface area contributed by atoms with Crippen molar-refractivity contribution >= 4 is 23.6 Å². The fraction of sp³-hybridized carbons (Fsp3) is 0.524. The van der Waals surface area contributed by atoms with E-state index >= 15 is 0 Å². The van der Waals surface area contributed by atoms with Crippen LogP contribution in [0.5, 0.6) is 5.75 Å². The van der Waals surface area contributed by atoms with E-state index < -0.39 is 29.7 Å². The summed E-state index contributed by atoms with van der Waals surface area (Å²) in [6.07, 6.45) is 6.18. The second-order valence-electron chi connectivity index (χ2n) is 7.35. The van der Waals surface area contributed by atoms with Crippen LogP contribution in [0.1, 0.15) is 72.1 Å². The topological polar surface area (TPSA) is 113 Å². The van der Waals surface area contributed by atoms with Gasteiger partial charge in [0.1, 0.15) is 11.8 Å². The number of nitrogens with one attached hydrogen (secondary N) is 1. The number of nitrogens with zero attached hydrogens (tertiary/aromatic N) is 1. The van der Waals surface area contributed by atoms with Crippen molar-refractivity contribution < 1.29 is 29.0 Å². The van der Waals surface area contributed by atoms with Gasteiger partial charge in [0.2, 0.25) is 11.8 Å². The van der Waals surface area contributed by atoms with Crippen LogP contribution in [-0.4, -0.2) is 52.9 Å². The van der Waals surface area contributed by atoms with E-state index in [-0.39, 0.29) is 30.6 Å². The van der Waals surface area contributed by atoms with Crippen LogP contribution in [0.15, 0.2) is 18.2 Å². The van der Waals surface area contributed by atoms with Gasteiger partial charge in [-0.2, -0.15) is 0 Å². The van der Waals surface area contributed by atoms with Gasteiger partial charge in [0, 0.05) is 13.0 Å². The van der Waals surface area contributed by atoms with Crippen LogP contribution in [0.3, 0.4) is 0 Å². The van der Waals surface area contributed by atoms with E-state index in [4.69, 9.17) is 9.84 Å². The Morgan fingerprint density at radius 2 is 1.66 bits per heavy atom. The van der Waals surface area contributed by atoms with E-state index in [9.17, 15) is 19.2 Å². The van der Waals surface area contributed by atoms with Gasteiger partial charge in [-0.3, -0.25) is 29.4 Å². The Hall–Kier alpha value is -2.74. The highest BCUT2D eigenvalue weighted by Crippen LogP contribution is 2.30. The molecule has 8 heteroatoms. The Balaban J connectivity index is 1.55. The van der Waals surface area contributed by atoms with Crippen molar-refractivity contribution in [3.05, 3.63) is 29.3 Å². The monoisotopic (exact) mass is 402 g/mol. The molecule has 1 aromatic carbocycles. The standard InChI is InChI=1S/C21H26N2O6/c24-11-5-3-1-2-4-6-12-29-14-7-8-15-16(13-14)21(28)23(20(15)27)17-9-10-18(25)22-19(17)26/h7-8,13,17,24H,1-6,9-12H2,(H,22,25,26). The lowest BCUT2D eigenvalue weighted by Crippen LogP contribution is -2.54. The number of carbonyl (C=O) groups is 4. The first kappa shape index (κ1) is 21.0. The van der Waals surface area contributed by atoms with E-state index in [0.29, 0.717) is 12.4 Å². The molecule has 1 atom stereocenters. The highest BCUT2D eigenvalue weighted by Gasteiger charge is 2.44. The van der Waals surface area contributed by atoms with E-state index in [0.717, 1.165) is 43.4 Å². The van der Waals surface area contributed by atoms with Crippen LogP contribution in [0, 0.1) is 0 Å². The zero-order valence-electron chi connectivity index (χ0n) is 16.3.